The van der Waals surface area contributed by atoms with Crippen LogP contribution in [0.4, 0.5) is 5.69 Å². The Morgan fingerprint density at radius 1 is 1.47 bits per heavy atom. The highest BCUT2D eigenvalue weighted by molar-refractivity contribution is 5.96. The summed E-state index contributed by atoms with van der Waals surface area (Å²) in [5, 5.41) is 9.18. The van der Waals surface area contributed by atoms with E-state index in [2.05, 4.69) is 0 Å². The Labute approximate surface area is 89.1 Å². The average molecular weight is 209 g/mol. The van der Waals surface area contributed by atoms with Crippen molar-refractivity contribution in [2.75, 3.05) is 19.1 Å². The van der Waals surface area contributed by atoms with Gasteiger partial charge in [0.15, 0.2) is 0 Å². The van der Waals surface area contributed by atoms with E-state index in [9.17, 15) is 9.90 Å². The molecule has 0 aliphatic rings. The van der Waals surface area contributed by atoms with E-state index in [4.69, 9.17) is 4.74 Å². The van der Waals surface area contributed by atoms with Crippen LogP contribution in [-0.2, 0) is 4.79 Å². The molecule has 0 spiro atoms. The van der Waals surface area contributed by atoms with Crippen LogP contribution in [0.2, 0.25) is 0 Å². The molecule has 0 saturated carbocycles. The van der Waals surface area contributed by atoms with Gasteiger partial charge in [0.2, 0.25) is 0 Å². The molecule has 4 heteroatoms. The Balaban J connectivity index is 3.00. The highest BCUT2D eigenvalue weighted by Crippen LogP contribution is 2.26. The number of hydrogen-bond acceptors (Lipinski definition) is 3. The molecule has 1 rings (SSSR count). The number of aliphatic hydroxyl groups is 1. The van der Waals surface area contributed by atoms with E-state index in [1.54, 1.807) is 26.3 Å². The third kappa shape index (κ3) is 2.47. The summed E-state index contributed by atoms with van der Waals surface area (Å²) in [4.78, 5) is 12.9. The normalized spacial score (nSPS) is 12.0. The largest absolute Gasteiger partial charge is 0.495 e. The zero-order valence-electron chi connectivity index (χ0n) is 9.10. The van der Waals surface area contributed by atoms with Crippen LogP contribution in [0.25, 0.3) is 0 Å². The van der Waals surface area contributed by atoms with Crippen molar-refractivity contribution in [3.05, 3.63) is 24.3 Å². The van der Waals surface area contributed by atoms with E-state index < -0.39 is 6.10 Å². The lowest BCUT2D eigenvalue weighted by molar-refractivity contribution is -0.125. The maximum atomic E-state index is 11.5. The Morgan fingerprint density at radius 2 is 2.07 bits per heavy atom. The molecule has 0 heterocycles. The van der Waals surface area contributed by atoms with Crippen LogP contribution in [-0.4, -0.2) is 31.3 Å². The zero-order valence-corrected chi connectivity index (χ0v) is 9.10. The number of carbonyl (C=O) groups is 1. The Hall–Kier alpha value is -1.55. The standard InChI is InChI=1S/C11H15NO3/c1-8(13)11(14)12(2)9-6-4-5-7-10(9)15-3/h4-8,13H,1-3H3. The number of benzene rings is 1. The monoisotopic (exact) mass is 209 g/mol. The van der Waals surface area contributed by atoms with Crippen molar-refractivity contribution < 1.29 is 14.6 Å². The van der Waals surface area contributed by atoms with E-state index in [1.807, 2.05) is 12.1 Å². The van der Waals surface area contributed by atoms with E-state index in [0.29, 0.717) is 11.4 Å². The number of aliphatic hydroxyl groups excluding tert-OH is 1. The number of methoxy groups -OCH3 is 1. The topological polar surface area (TPSA) is 49.8 Å². The molecule has 1 N–H and O–H groups in total. The third-order valence-electron chi connectivity index (χ3n) is 2.13. The van der Waals surface area contributed by atoms with Gasteiger partial charge in [-0.3, -0.25) is 4.79 Å². The van der Waals surface area contributed by atoms with E-state index in [0.717, 1.165) is 0 Å². The summed E-state index contributed by atoms with van der Waals surface area (Å²) >= 11 is 0. The quantitative estimate of drug-likeness (QED) is 0.809. The first-order valence-corrected chi connectivity index (χ1v) is 4.66. The summed E-state index contributed by atoms with van der Waals surface area (Å²) in [6.07, 6.45) is -1.01. The fourth-order valence-corrected chi connectivity index (χ4v) is 1.31. The van der Waals surface area contributed by atoms with Gasteiger partial charge in [-0.15, -0.1) is 0 Å². The number of amides is 1. The molecular formula is C11H15NO3. The van der Waals surface area contributed by atoms with Gasteiger partial charge in [-0.25, -0.2) is 0 Å². The van der Waals surface area contributed by atoms with Gasteiger partial charge in [-0.2, -0.15) is 0 Å². The number of carbonyl (C=O) groups excluding carboxylic acids is 1. The molecule has 1 atom stereocenters. The Bertz CT molecular complexity index is 349. The van der Waals surface area contributed by atoms with E-state index in [-0.39, 0.29) is 5.91 Å². The van der Waals surface area contributed by atoms with Crippen molar-refractivity contribution in [1.29, 1.82) is 0 Å². The van der Waals surface area contributed by atoms with Crippen molar-refractivity contribution in [2.24, 2.45) is 0 Å². The molecule has 1 aromatic rings. The molecule has 0 radical (unpaired) electrons. The fourth-order valence-electron chi connectivity index (χ4n) is 1.31. The number of nitrogens with zero attached hydrogens (tertiary/aromatic N) is 1. The summed E-state index contributed by atoms with van der Waals surface area (Å²) < 4.78 is 5.12. The lowest BCUT2D eigenvalue weighted by atomic mass is 10.2. The first-order valence-electron chi connectivity index (χ1n) is 4.66. The second kappa shape index (κ2) is 4.79. The summed E-state index contributed by atoms with van der Waals surface area (Å²) in [5.74, 6) is 0.244. The van der Waals surface area contributed by atoms with Crippen molar-refractivity contribution in [3.63, 3.8) is 0 Å². The molecule has 0 fully saturated rings. The van der Waals surface area contributed by atoms with E-state index >= 15 is 0 Å². The van der Waals surface area contributed by atoms with Crippen LogP contribution >= 0.6 is 0 Å². The SMILES string of the molecule is COc1ccccc1N(C)C(=O)C(C)O. The van der Waals surface area contributed by atoms with Gasteiger partial charge in [-0.05, 0) is 19.1 Å². The molecule has 4 nitrogen and oxygen atoms in total. The smallest absolute Gasteiger partial charge is 0.255 e. The number of anilines is 1. The maximum absolute atomic E-state index is 11.5. The molecule has 0 aliphatic heterocycles. The molecule has 15 heavy (non-hydrogen) atoms. The van der Waals surface area contributed by atoms with Crippen LogP contribution in [0.3, 0.4) is 0 Å². The summed E-state index contributed by atoms with van der Waals surface area (Å²) in [7, 11) is 3.15. The van der Waals surface area contributed by atoms with Crippen molar-refractivity contribution in [2.45, 2.75) is 13.0 Å². The predicted molar refractivity (Wildman–Crippen MR) is 58.1 cm³/mol. The summed E-state index contributed by atoms with van der Waals surface area (Å²) in [5.41, 5.74) is 0.644. The van der Waals surface area contributed by atoms with Crippen LogP contribution in [0.15, 0.2) is 24.3 Å². The van der Waals surface area contributed by atoms with Gasteiger partial charge in [0.05, 0.1) is 12.8 Å². The maximum Gasteiger partial charge on any atom is 0.255 e. The zero-order chi connectivity index (χ0) is 11.4. The minimum atomic E-state index is -1.01. The van der Waals surface area contributed by atoms with Gasteiger partial charge in [0.1, 0.15) is 11.9 Å². The van der Waals surface area contributed by atoms with Crippen LogP contribution < -0.4 is 9.64 Å². The van der Waals surface area contributed by atoms with Gasteiger partial charge >= 0.3 is 0 Å². The molecular weight excluding hydrogens is 194 g/mol. The van der Waals surface area contributed by atoms with Crippen molar-refractivity contribution in [1.82, 2.24) is 0 Å². The van der Waals surface area contributed by atoms with Crippen LogP contribution in [0.1, 0.15) is 6.92 Å². The number of hydrogen-bond donors (Lipinski definition) is 1. The molecule has 1 aromatic carbocycles. The van der Waals surface area contributed by atoms with E-state index in [1.165, 1.54) is 11.8 Å². The molecule has 1 amide bonds. The van der Waals surface area contributed by atoms with Gasteiger partial charge in [0, 0.05) is 7.05 Å². The minimum Gasteiger partial charge on any atom is -0.495 e. The van der Waals surface area contributed by atoms with Crippen LogP contribution in [0, 0.1) is 0 Å². The average Bonchev–Trinajstić information content (AvgIpc) is 2.26. The second-order valence-corrected chi connectivity index (χ2v) is 3.25. The summed E-state index contributed by atoms with van der Waals surface area (Å²) in [6.45, 7) is 1.44. The number of likely N-dealkylation sites (N-methyl/N-ethyl adjacent to an activating group) is 1. The van der Waals surface area contributed by atoms with Crippen LogP contribution in [0.5, 0.6) is 5.75 Å². The fraction of sp³-hybridized carbons (Fsp3) is 0.364. The van der Waals surface area contributed by atoms with Crippen molar-refractivity contribution >= 4 is 11.6 Å². The minimum absolute atomic E-state index is 0.362. The first kappa shape index (κ1) is 11.5. The highest BCUT2D eigenvalue weighted by Gasteiger charge is 2.18. The molecule has 1 unspecified atom stereocenters. The lowest BCUT2D eigenvalue weighted by Gasteiger charge is -2.20. The van der Waals surface area contributed by atoms with Crippen molar-refractivity contribution in [3.8, 4) is 5.75 Å². The molecule has 0 bridgehead atoms. The Morgan fingerprint density at radius 3 is 2.60 bits per heavy atom. The Kier molecular flexibility index (Phi) is 3.68. The number of ether oxygens (including phenoxy) is 1. The summed E-state index contributed by atoms with van der Waals surface area (Å²) in [6, 6.07) is 7.16. The predicted octanol–water partition coefficient (Wildman–Crippen LogP) is 1.04. The van der Waals surface area contributed by atoms with Gasteiger partial charge < -0.3 is 14.7 Å². The molecule has 0 saturated heterocycles. The highest BCUT2D eigenvalue weighted by atomic mass is 16.5. The first-order chi connectivity index (χ1) is 7.07. The lowest BCUT2D eigenvalue weighted by Crippen LogP contribution is -2.34. The number of rotatable bonds is 3. The molecule has 82 valence electrons. The number of para-hydroxylation sites is 2. The van der Waals surface area contributed by atoms with Gasteiger partial charge in [-0.1, -0.05) is 12.1 Å². The second-order valence-electron chi connectivity index (χ2n) is 3.25. The third-order valence-corrected chi connectivity index (χ3v) is 2.13. The molecule has 0 aromatic heterocycles. The van der Waals surface area contributed by atoms with Gasteiger partial charge in [0.25, 0.3) is 5.91 Å². The molecule has 0 aliphatic carbocycles.